The van der Waals surface area contributed by atoms with Gasteiger partial charge in [0.25, 0.3) is 0 Å². The molecule has 2 aromatic rings. The van der Waals surface area contributed by atoms with Gasteiger partial charge in [-0.1, -0.05) is 33.6 Å². The number of carbonyl (C=O) groups excluding carboxylic acids is 3. The predicted octanol–water partition coefficient (Wildman–Crippen LogP) is 3.55. The molecule has 0 bridgehead atoms. The third-order valence-corrected chi connectivity index (χ3v) is 4.53. The fourth-order valence-corrected chi connectivity index (χ4v) is 3.05. The molecule has 134 valence electrons. The summed E-state index contributed by atoms with van der Waals surface area (Å²) in [7, 11) is 0. The van der Waals surface area contributed by atoms with Gasteiger partial charge in [0.15, 0.2) is 0 Å². The van der Waals surface area contributed by atoms with E-state index in [4.69, 9.17) is 11.6 Å². The monoisotopic (exact) mass is 439 g/mol. The molecule has 1 aliphatic heterocycles. The predicted molar refractivity (Wildman–Crippen MR) is 98.6 cm³/mol. The Labute approximate surface area is 161 Å². The molecule has 1 unspecified atom stereocenters. The van der Waals surface area contributed by atoms with Crippen molar-refractivity contribution in [1.29, 1.82) is 0 Å². The average Bonchev–Trinajstić information content (AvgIpc) is 2.58. The molecule has 1 heterocycles. The lowest BCUT2D eigenvalue weighted by Crippen LogP contribution is -2.58. The van der Waals surface area contributed by atoms with Crippen LogP contribution >= 0.6 is 27.5 Å². The van der Waals surface area contributed by atoms with Crippen LogP contribution in [-0.4, -0.2) is 24.4 Å². The Morgan fingerprint density at radius 2 is 2.04 bits per heavy atom. The van der Waals surface area contributed by atoms with Crippen LogP contribution in [0.25, 0.3) is 0 Å². The van der Waals surface area contributed by atoms with Gasteiger partial charge in [0.05, 0.1) is 10.7 Å². The summed E-state index contributed by atoms with van der Waals surface area (Å²) < 4.78 is 14.1. The molecule has 0 radical (unpaired) electrons. The van der Waals surface area contributed by atoms with Crippen LogP contribution in [0, 0.1) is 11.7 Å². The van der Waals surface area contributed by atoms with E-state index in [1.54, 1.807) is 24.3 Å². The zero-order valence-corrected chi connectivity index (χ0v) is 15.5. The molecule has 4 amide bonds. The maximum atomic E-state index is 13.3. The molecular formula is C17H12BrClFN3O3. The highest BCUT2D eigenvalue weighted by Gasteiger charge is 2.39. The Hall–Kier alpha value is -2.45. The number of imide groups is 1. The van der Waals surface area contributed by atoms with Crippen molar-refractivity contribution in [1.82, 2.24) is 5.32 Å². The first-order chi connectivity index (χ1) is 12.4. The summed E-state index contributed by atoms with van der Waals surface area (Å²) in [6.45, 7) is -0.136. The molecule has 0 spiro atoms. The minimum atomic E-state index is -1.13. The Kier molecular flexibility index (Phi) is 5.24. The Morgan fingerprint density at radius 3 is 2.73 bits per heavy atom. The first-order valence-electron chi connectivity index (χ1n) is 7.50. The van der Waals surface area contributed by atoms with Crippen molar-refractivity contribution in [3.63, 3.8) is 0 Å². The summed E-state index contributed by atoms with van der Waals surface area (Å²) in [5.74, 6) is -3.09. The largest absolute Gasteiger partial charge is 0.336 e. The lowest BCUT2D eigenvalue weighted by molar-refractivity contribution is -0.130. The summed E-state index contributed by atoms with van der Waals surface area (Å²) in [4.78, 5) is 38.0. The summed E-state index contributed by atoms with van der Waals surface area (Å²) in [5, 5.41) is 4.89. The summed E-state index contributed by atoms with van der Waals surface area (Å²) in [5.41, 5.74) is 0.587. The summed E-state index contributed by atoms with van der Waals surface area (Å²) >= 11 is 9.02. The third kappa shape index (κ3) is 3.71. The fraction of sp³-hybridized carbons (Fsp3) is 0.118. The van der Waals surface area contributed by atoms with E-state index in [-0.39, 0.29) is 17.3 Å². The molecule has 1 saturated heterocycles. The van der Waals surface area contributed by atoms with Crippen molar-refractivity contribution in [3.8, 4) is 0 Å². The van der Waals surface area contributed by atoms with Crippen LogP contribution in [0.2, 0.25) is 5.02 Å². The van der Waals surface area contributed by atoms with E-state index >= 15 is 0 Å². The number of halogens is 3. The molecule has 1 aliphatic rings. The van der Waals surface area contributed by atoms with E-state index < -0.39 is 29.6 Å². The average molecular weight is 441 g/mol. The second kappa shape index (κ2) is 7.43. The minimum Gasteiger partial charge on any atom is -0.336 e. The highest BCUT2D eigenvalue weighted by Crippen LogP contribution is 2.26. The van der Waals surface area contributed by atoms with Gasteiger partial charge < -0.3 is 10.6 Å². The molecule has 3 rings (SSSR count). The molecular weight excluding hydrogens is 429 g/mol. The van der Waals surface area contributed by atoms with Crippen LogP contribution in [0.3, 0.4) is 0 Å². The van der Waals surface area contributed by atoms with Crippen LogP contribution in [0.15, 0.2) is 46.9 Å². The van der Waals surface area contributed by atoms with E-state index in [1.807, 2.05) is 0 Å². The number of rotatable bonds is 3. The summed E-state index contributed by atoms with van der Waals surface area (Å²) in [6, 6.07) is 9.62. The second-order valence-electron chi connectivity index (χ2n) is 5.51. The van der Waals surface area contributed by atoms with Gasteiger partial charge in [0.1, 0.15) is 11.7 Å². The smallest absolute Gasteiger partial charge is 0.328 e. The van der Waals surface area contributed by atoms with E-state index in [1.165, 1.54) is 6.07 Å². The topological polar surface area (TPSA) is 78.5 Å². The van der Waals surface area contributed by atoms with Crippen molar-refractivity contribution in [2.24, 2.45) is 5.92 Å². The first kappa shape index (κ1) is 18.3. The lowest BCUT2D eigenvalue weighted by Gasteiger charge is -2.30. The molecule has 0 aromatic heterocycles. The zero-order chi connectivity index (χ0) is 18.8. The maximum absolute atomic E-state index is 13.3. The van der Waals surface area contributed by atoms with Gasteiger partial charge in [-0.25, -0.2) is 14.1 Å². The Morgan fingerprint density at radius 1 is 1.27 bits per heavy atom. The van der Waals surface area contributed by atoms with Gasteiger partial charge in [-0.15, -0.1) is 0 Å². The highest BCUT2D eigenvalue weighted by molar-refractivity contribution is 9.10. The van der Waals surface area contributed by atoms with Crippen LogP contribution in [-0.2, 0) is 9.59 Å². The van der Waals surface area contributed by atoms with Crippen LogP contribution in [0.4, 0.5) is 20.6 Å². The molecule has 1 atom stereocenters. The number of hydrogen-bond donors (Lipinski definition) is 2. The molecule has 2 N–H and O–H groups in total. The zero-order valence-electron chi connectivity index (χ0n) is 13.1. The normalized spacial score (nSPS) is 17.0. The Balaban J connectivity index is 1.83. The quantitative estimate of drug-likeness (QED) is 0.717. The number of amides is 4. The van der Waals surface area contributed by atoms with E-state index in [0.29, 0.717) is 5.69 Å². The highest BCUT2D eigenvalue weighted by atomic mass is 79.9. The second-order valence-corrected chi connectivity index (χ2v) is 6.83. The van der Waals surface area contributed by atoms with Gasteiger partial charge in [0, 0.05) is 16.7 Å². The van der Waals surface area contributed by atoms with Crippen LogP contribution in [0.5, 0.6) is 0 Å². The van der Waals surface area contributed by atoms with Crippen molar-refractivity contribution in [3.05, 3.63) is 57.8 Å². The van der Waals surface area contributed by atoms with Crippen molar-refractivity contribution < 1.29 is 18.8 Å². The van der Waals surface area contributed by atoms with Gasteiger partial charge >= 0.3 is 6.03 Å². The molecule has 1 fully saturated rings. The number of benzene rings is 2. The fourth-order valence-electron chi connectivity index (χ4n) is 2.48. The SMILES string of the molecule is O=C(Nc1cccc(Br)c1)C1CNC(=O)N(c2ccc(F)c(Cl)c2)C1=O. The number of carbonyl (C=O) groups is 3. The van der Waals surface area contributed by atoms with Crippen molar-refractivity contribution >= 4 is 56.8 Å². The van der Waals surface area contributed by atoms with Crippen LogP contribution in [0.1, 0.15) is 0 Å². The minimum absolute atomic E-state index is 0.0823. The van der Waals surface area contributed by atoms with Gasteiger partial charge in [-0.05, 0) is 36.4 Å². The van der Waals surface area contributed by atoms with E-state index in [0.717, 1.165) is 21.5 Å². The number of nitrogens with one attached hydrogen (secondary N) is 2. The lowest BCUT2D eigenvalue weighted by atomic mass is 10.0. The van der Waals surface area contributed by atoms with Gasteiger partial charge in [0.2, 0.25) is 11.8 Å². The van der Waals surface area contributed by atoms with E-state index in [9.17, 15) is 18.8 Å². The molecule has 2 aromatic carbocycles. The maximum Gasteiger partial charge on any atom is 0.328 e. The number of hydrogen-bond acceptors (Lipinski definition) is 3. The molecule has 0 saturated carbocycles. The van der Waals surface area contributed by atoms with Crippen molar-refractivity contribution in [2.75, 3.05) is 16.8 Å². The standard InChI is InChI=1S/C17H12BrClFN3O3/c18-9-2-1-3-10(6-9)22-15(24)12-8-21-17(26)23(16(12)25)11-4-5-14(20)13(19)7-11/h1-7,12H,8H2,(H,21,26)(H,22,24). The van der Waals surface area contributed by atoms with Crippen molar-refractivity contribution in [2.45, 2.75) is 0 Å². The Bertz CT molecular complexity index is 909. The number of nitrogens with zero attached hydrogens (tertiary/aromatic N) is 1. The third-order valence-electron chi connectivity index (χ3n) is 3.75. The van der Waals surface area contributed by atoms with Crippen LogP contribution < -0.4 is 15.5 Å². The number of anilines is 2. The first-order valence-corrected chi connectivity index (χ1v) is 8.67. The van der Waals surface area contributed by atoms with Gasteiger partial charge in [-0.3, -0.25) is 9.59 Å². The molecule has 0 aliphatic carbocycles. The van der Waals surface area contributed by atoms with E-state index in [2.05, 4.69) is 26.6 Å². The summed E-state index contributed by atoms with van der Waals surface area (Å²) in [6.07, 6.45) is 0. The number of urea groups is 1. The van der Waals surface area contributed by atoms with Gasteiger partial charge in [-0.2, -0.15) is 0 Å². The molecule has 6 nitrogen and oxygen atoms in total. The molecule has 26 heavy (non-hydrogen) atoms. The molecule has 9 heteroatoms.